The number of nitrogen functional groups attached to an aromatic ring is 1. The average molecular weight is 366 g/mol. The van der Waals surface area contributed by atoms with Gasteiger partial charge in [-0.1, -0.05) is 0 Å². The number of nitrogens with one attached hydrogen (secondary N) is 1. The van der Waals surface area contributed by atoms with E-state index in [1.54, 1.807) is 0 Å². The molecule has 0 bridgehead atoms. The van der Waals surface area contributed by atoms with Crippen molar-refractivity contribution in [1.29, 1.82) is 0 Å². The van der Waals surface area contributed by atoms with Crippen LogP contribution in [0.1, 0.15) is 20.8 Å². The number of nitrogens with two attached hydrogens (primary N) is 1. The molecule has 0 saturated carbocycles. The van der Waals surface area contributed by atoms with Crippen molar-refractivity contribution in [2.45, 2.75) is 33.0 Å². The number of nitro groups is 1. The Morgan fingerprint density at radius 1 is 1.23 bits per heavy atom. The lowest BCUT2D eigenvalue weighted by Crippen LogP contribution is -3.14. The van der Waals surface area contributed by atoms with Gasteiger partial charge in [-0.15, -0.1) is 0 Å². The van der Waals surface area contributed by atoms with Crippen LogP contribution in [0.5, 0.6) is 0 Å². The Hall–Kier alpha value is -2.20. The van der Waals surface area contributed by atoms with E-state index in [1.165, 1.54) is 4.90 Å². The van der Waals surface area contributed by atoms with Crippen LogP contribution in [-0.4, -0.2) is 72.9 Å². The van der Waals surface area contributed by atoms with Gasteiger partial charge in [-0.2, -0.15) is 9.97 Å². The highest BCUT2D eigenvalue weighted by atomic mass is 16.6. The van der Waals surface area contributed by atoms with Crippen LogP contribution < -0.4 is 20.4 Å². The molecule has 1 aromatic heterocycles. The lowest BCUT2D eigenvalue weighted by Gasteiger charge is -2.36. The molecule has 2 aliphatic heterocycles. The third kappa shape index (κ3) is 3.80. The number of piperazine rings is 1. The van der Waals surface area contributed by atoms with Gasteiger partial charge in [-0.25, -0.2) is 0 Å². The predicted octanol–water partition coefficient (Wildman–Crippen LogP) is -0.695. The van der Waals surface area contributed by atoms with Crippen LogP contribution >= 0.6 is 0 Å². The van der Waals surface area contributed by atoms with Crippen LogP contribution in [0.15, 0.2) is 0 Å². The third-order valence-electron chi connectivity index (χ3n) is 5.04. The van der Waals surface area contributed by atoms with Gasteiger partial charge in [0.25, 0.3) is 0 Å². The molecule has 0 radical (unpaired) electrons. The number of rotatable bonds is 4. The summed E-state index contributed by atoms with van der Waals surface area (Å²) in [6.07, 6.45) is -0.0654. The fourth-order valence-electron chi connectivity index (χ4n) is 3.71. The normalized spacial score (nSPS) is 24.7. The van der Waals surface area contributed by atoms with Gasteiger partial charge in [0, 0.05) is 13.1 Å². The molecule has 2 fully saturated rings. The Bertz CT molecular complexity index is 653. The smallest absolute Gasteiger partial charge is 0.353 e. The van der Waals surface area contributed by atoms with Gasteiger partial charge in [0.1, 0.15) is 0 Å². The summed E-state index contributed by atoms with van der Waals surface area (Å²) < 4.78 is 5.74. The van der Waals surface area contributed by atoms with Gasteiger partial charge in [0.15, 0.2) is 0 Å². The first-order valence-electron chi connectivity index (χ1n) is 9.19. The zero-order valence-corrected chi connectivity index (χ0v) is 15.6. The Morgan fingerprint density at radius 2 is 1.85 bits per heavy atom. The highest BCUT2D eigenvalue weighted by Gasteiger charge is 2.33. The first-order valence-corrected chi connectivity index (χ1v) is 9.19. The SMILES string of the molecule is CC[NH+]1CCN(c2nc(N)c([N+](=O)[O-])c(N3C[C@H](C)O[C@@H](C)C3)n2)CC1. The van der Waals surface area contributed by atoms with Crippen molar-refractivity contribution in [2.75, 3.05) is 61.3 Å². The second-order valence-electron chi connectivity index (χ2n) is 7.09. The summed E-state index contributed by atoms with van der Waals surface area (Å²) in [5.74, 6) is 0.696. The van der Waals surface area contributed by atoms with Crippen LogP contribution in [-0.2, 0) is 4.74 Å². The summed E-state index contributed by atoms with van der Waals surface area (Å²) in [4.78, 5) is 25.4. The minimum atomic E-state index is -0.488. The minimum absolute atomic E-state index is 0.0327. The number of anilines is 3. The zero-order valence-electron chi connectivity index (χ0n) is 15.6. The maximum absolute atomic E-state index is 11.6. The van der Waals surface area contributed by atoms with Gasteiger partial charge in [0.2, 0.25) is 17.6 Å². The topological polar surface area (TPSA) is 115 Å². The fraction of sp³-hybridized carbons (Fsp3) is 0.750. The summed E-state index contributed by atoms with van der Waals surface area (Å²) in [5, 5.41) is 11.6. The number of hydrogen-bond acceptors (Lipinski definition) is 8. The maximum Gasteiger partial charge on any atom is 0.353 e. The molecule has 3 heterocycles. The van der Waals surface area contributed by atoms with E-state index in [0.29, 0.717) is 24.9 Å². The molecule has 26 heavy (non-hydrogen) atoms. The van der Waals surface area contributed by atoms with Crippen LogP contribution in [0.3, 0.4) is 0 Å². The van der Waals surface area contributed by atoms with Gasteiger partial charge in [0.05, 0.1) is 49.9 Å². The molecule has 2 aliphatic rings. The van der Waals surface area contributed by atoms with Crippen molar-refractivity contribution in [3.05, 3.63) is 10.1 Å². The van der Waals surface area contributed by atoms with Crippen LogP contribution in [0.4, 0.5) is 23.3 Å². The van der Waals surface area contributed by atoms with Gasteiger partial charge in [-0.05, 0) is 20.8 Å². The minimum Gasteiger partial charge on any atom is -0.378 e. The third-order valence-corrected chi connectivity index (χ3v) is 5.04. The molecule has 144 valence electrons. The molecule has 2 saturated heterocycles. The number of morpholine rings is 1. The first-order chi connectivity index (χ1) is 12.4. The van der Waals surface area contributed by atoms with E-state index in [-0.39, 0.29) is 23.7 Å². The molecule has 0 unspecified atom stereocenters. The number of hydrogen-bond donors (Lipinski definition) is 2. The second kappa shape index (κ2) is 7.58. The van der Waals surface area contributed by atoms with Crippen LogP contribution in [0.25, 0.3) is 0 Å². The van der Waals surface area contributed by atoms with E-state index in [0.717, 1.165) is 32.7 Å². The molecule has 0 spiro atoms. The van der Waals surface area contributed by atoms with Crippen molar-refractivity contribution in [2.24, 2.45) is 0 Å². The predicted molar refractivity (Wildman–Crippen MR) is 98.8 cm³/mol. The van der Waals surface area contributed by atoms with Gasteiger partial charge < -0.3 is 25.2 Å². The average Bonchev–Trinajstić information content (AvgIpc) is 2.60. The zero-order chi connectivity index (χ0) is 18.8. The van der Waals surface area contributed by atoms with E-state index in [1.807, 2.05) is 18.7 Å². The van der Waals surface area contributed by atoms with Crippen LogP contribution in [0.2, 0.25) is 0 Å². The van der Waals surface area contributed by atoms with Crippen LogP contribution in [0, 0.1) is 10.1 Å². The molecule has 3 rings (SSSR count). The van der Waals surface area contributed by atoms with Crippen molar-refractivity contribution in [1.82, 2.24) is 9.97 Å². The monoisotopic (exact) mass is 366 g/mol. The molecule has 10 nitrogen and oxygen atoms in total. The molecule has 3 N–H and O–H groups in total. The molecule has 0 aromatic carbocycles. The maximum atomic E-state index is 11.6. The molecule has 0 aliphatic carbocycles. The van der Waals surface area contributed by atoms with Crippen molar-refractivity contribution >= 4 is 23.3 Å². The molecule has 2 atom stereocenters. The number of aromatic nitrogens is 2. The summed E-state index contributed by atoms with van der Waals surface area (Å²) in [5.41, 5.74) is 5.76. The van der Waals surface area contributed by atoms with Crippen molar-refractivity contribution in [3.63, 3.8) is 0 Å². The Kier molecular flexibility index (Phi) is 5.42. The van der Waals surface area contributed by atoms with E-state index >= 15 is 0 Å². The number of quaternary nitrogens is 1. The summed E-state index contributed by atoms with van der Waals surface area (Å²) in [6, 6.07) is 0. The lowest BCUT2D eigenvalue weighted by molar-refractivity contribution is -0.898. The summed E-state index contributed by atoms with van der Waals surface area (Å²) >= 11 is 0. The number of likely N-dealkylation sites (N-methyl/N-ethyl adjacent to an activating group) is 1. The molecular weight excluding hydrogens is 338 g/mol. The summed E-state index contributed by atoms with van der Waals surface area (Å²) in [7, 11) is 0. The quantitative estimate of drug-likeness (QED) is 0.531. The Morgan fingerprint density at radius 3 is 2.38 bits per heavy atom. The van der Waals surface area contributed by atoms with Gasteiger partial charge in [-0.3, -0.25) is 10.1 Å². The Labute approximate surface area is 153 Å². The van der Waals surface area contributed by atoms with E-state index < -0.39 is 4.92 Å². The lowest BCUT2D eigenvalue weighted by atomic mass is 10.2. The number of nitrogens with zero attached hydrogens (tertiary/aromatic N) is 5. The highest BCUT2D eigenvalue weighted by Crippen LogP contribution is 2.34. The standard InChI is InChI=1S/C16H27N7O3/c1-4-20-5-7-21(8-6-20)16-18-14(17)13(23(24)25)15(19-16)22-9-11(2)26-12(3)10-22/h11-12H,4-10H2,1-3H3,(H2,17,18,19)/p+1/t11-,12-/m0/s1. The highest BCUT2D eigenvalue weighted by molar-refractivity contribution is 5.71. The number of ether oxygens (including phenoxy) is 1. The molecular formula is C16H28N7O3+. The molecule has 1 aromatic rings. The van der Waals surface area contributed by atoms with Gasteiger partial charge >= 0.3 is 5.69 Å². The van der Waals surface area contributed by atoms with E-state index in [9.17, 15) is 10.1 Å². The van der Waals surface area contributed by atoms with E-state index in [2.05, 4.69) is 21.8 Å². The summed E-state index contributed by atoms with van der Waals surface area (Å²) in [6.45, 7) is 11.9. The molecule has 0 amide bonds. The largest absolute Gasteiger partial charge is 0.378 e. The fourth-order valence-corrected chi connectivity index (χ4v) is 3.71. The van der Waals surface area contributed by atoms with Crippen molar-refractivity contribution < 1.29 is 14.6 Å². The van der Waals surface area contributed by atoms with E-state index in [4.69, 9.17) is 10.5 Å². The second-order valence-corrected chi connectivity index (χ2v) is 7.09. The first kappa shape index (κ1) is 18.6. The molecule has 10 heteroatoms. The van der Waals surface area contributed by atoms with Crippen molar-refractivity contribution in [3.8, 4) is 0 Å². The Balaban J connectivity index is 1.93.